The first-order valence-corrected chi connectivity index (χ1v) is 6.63. The minimum atomic E-state index is -0.694. The van der Waals surface area contributed by atoms with Gasteiger partial charge in [0, 0.05) is 31.3 Å². The average molecular weight is 281 g/mol. The fraction of sp³-hybridized carbons (Fsp3) is 0.400. The number of halogens is 2. The third-order valence-corrected chi connectivity index (χ3v) is 3.48. The summed E-state index contributed by atoms with van der Waals surface area (Å²) >= 11 is 0. The Hall–Kier alpha value is -1.75. The van der Waals surface area contributed by atoms with Crippen molar-refractivity contribution < 1.29 is 18.7 Å². The van der Waals surface area contributed by atoms with Crippen molar-refractivity contribution >= 4 is 12.0 Å². The Morgan fingerprint density at radius 3 is 2.75 bits per heavy atom. The van der Waals surface area contributed by atoms with Crippen molar-refractivity contribution in [2.24, 2.45) is 5.92 Å². The lowest BCUT2D eigenvalue weighted by Gasteiger charge is -2.31. The molecule has 1 aliphatic heterocycles. The number of nitrogens with zero attached hydrogens (tertiary/aromatic N) is 1. The zero-order valence-electron chi connectivity index (χ0n) is 11.1. The van der Waals surface area contributed by atoms with E-state index in [1.807, 2.05) is 0 Å². The molecule has 1 aromatic rings. The molecule has 1 saturated heterocycles. The van der Waals surface area contributed by atoms with Gasteiger partial charge in [-0.15, -0.1) is 0 Å². The van der Waals surface area contributed by atoms with Crippen LogP contribution in [0.4, 0.5) is 8.78 Å². The summed E-state index contributed by atoms with van der Waals surface area (Å²) in [6.07, 6.45) is 4.07. The maximum absolute atomic E-state index is 13.4. The molecule has 2 rings (SSSR count). The minimum absolute atomic E-state index is 0.0510. The highest BCUT2D eigenvalue weighted by Crippen LogP contribution is 2.17. The lowest BCUT2D eigenvalue weighted by molar-refractivity contribution is -0.127. The number of aliphatic hydroxyl groups excluding tert-OH is 1. The van der Waals surface area contributed by atoms with Crippen LogP contribution in [0, 0.1) is 17.6 Å². The third-order valence-electron chi connectivity index (χ3n) is 3.48. The summed E-state index contributed by atoms with van der Waals surface area (Å²) in [6, 6.07) is 3.58. The molecule has 0 bridgehead atoms. The number of likely N-dealkylation sites (tertiary alicyclic amines) is 1. The van der Waals surface area contributed by atoms with E-state index < -0.39 is 11.6 Å². The maximum atomic E-state index is 13.4. The van der Waals surface area contributed by atoms with Crippen LogP contribution < -0.4 is 0 Å². The maximum Gasteiger partial charge on any atom is 0.246 e. The predicted octanol–water partition coefficient (Wildman–Crippen LogP) is 2.21. The highest BCUT2D eigenvalue weighted by atomic mass is 19.1. The molecule has 20 heavy (non-hydrogen) atoms. The summed E-state index contributed by atoms with van der Waals surface area (Å²) in [6.45, 7) is 1.15. The van der Waals surface area contributed by atoms with E-state index in [1.165, 1.54) is 12.1 Å². The summed E-state index contributed by atoms with van der Waals surface area (Å²) in [7, 11) is 0. The van der Waals surface area contributed by atoms with Crippen LogP contribution in [0.2, 0.25) is 0 Å². The molecular formula is C15H17F2NO2. The van der Waals surface area contributed by atoms with Crippen LogP contribution in [0.15, 0.2) is 24.3 Å². The number of piperidine rings is 1. The van der Waals surface area contributed by atoms with E-state index >= 15 is 0 Å². The number of hydrogen-bond acceptors (Lipinski definition) is 2. The van der Waals surface area contributed by atoms with E-state index in [2.05, 4.69) is 0 Å². The third kappa shape index (κ3) is 3.42. The van der Waals surface area contributed by atoms with Crippen LogP contribution in [0.5, 0.6) is 0 Å². The molecule has 1 atom stereocenters. The molecule has 1 aliphatic rings. The van der Waals surface area contributed by atoms with Gasteiger partial charge in [-0.1, -0.05) is 6.07 Å². The van der Waals surface area contributed by atoms with Gasteiger partial charge in [-0.25, -0.2) is 8.78 Å². The van der Waals surface area contributed by atoms with E-state index in [4.69, 9.17) is 5.11 Å². The molecule has 3 nitrogen and oxygen atoms in total. The van der Waals surface area contributed by atoms with Gasteiger partial charge >= 0.3 is 0 Å². The molecule has 5 heteroatoms. The van der Waals surface area contributed by atoms with Crippen molar-refractivity contribution in [1.82, 2.24) is 4.90 Å². The second-order valence-electron chi connectivity index (χ2n) is 4.94. The molecule has 0 aromatic heterocycles. The fourth-order valence-electron chi connectivity index (χ4n) is 2.34. The summed E-state index contributed by atoms with van der Waals surface area (Å²) < 4.78 is 26.8. The van der Waals surface area contributed by atoms with Gasteiger partial charge < -0.3 is 10.0 Å². The Morgan fingerprint density at radius 1 is 1.40 bits per heavy atom. The Balaban J connectivity index is 2.05. The van der Waals surface area contributed by atoms with E-state index in [1.54, 1.807) is 4.90 Å². The largest absolute Gasteiger partial charge is 0.396 e. The summed E-state index contributed by atoms with van der Waals surface area (Å²) in [4.78, 5) is 13.6. The highest BCUT2D eigenvalue weighted by molar-refractivity contribution is 5.91. The number of aliphatic hydroxyl groups is 1. The van der Waals surface area contributed by atoms with Crippen molar-refractivity contribution in [1.29, 1.82) is 0 Å². The molecule has 1 aromatic carbocycles. The Kier molecular flexibility index (Phi) is 4.84. The Bertz CT molecular complexity index is 496. The lowest BCUT2D eigenvalue weighted by Crippen LogP contribution is -2.40. The van der Waals surface area contributed by atoms with E-state index in [0.717, 1.165) is 31.1 Å². The number of rotatable bonds is 3. The Morgan fingerprint density at radius 2 is 2.10 bits per heavy atom. The van der Waals surface area contributed by atoms with Gasteiger partial charge in [-0.2, -0.15) is 0 Å². The predicted molar refractivity (Wildman–Crippen MR) is 71.8 cm³/mol. The van der Waals surface area contributed by atoms with Crippen LogP contribution in [0.1, 0.15) is 18.4 Å². The van der Waals surface area contributed by atoms with Crippen molar-refractivity contribution in [3.8, 4) is 0 Å². The zero-order valence-corrected chi connectivity index (χ0v) is 11.1. The van der Waals surface area contributed by atoms with Gasteiger partial charge in [0.25, 0.3) is 0 Å². The normalized spacial score (nSPS) is 19.6. The van der Waals surface area contributed by atoms with Gasteiger partial charge in [0.2, 0.25) is 5.91 Å². The lowest BCUT2D eigenvalue weighted by atomic mass is 9.99. The second-order valence-corrected chi connectivity index (χ2v) is 4.94. The van der Waals surface area contributed by atoms with E-state index in [-0.39, 0.29) is 24.0 Å². The summed E-state index contributed by atoms with van der Waals surface area (Å²) in [5.74, 6) is -1.58. The molecule has 1 fully saturated rings. The highest BCUT2D eigenvalue weighted by Gasteiger charge is 2.21. The Labute approximate surface area is 116 Å². The van der Waals surface area contributed by atoms with Crippen LogP contribution in [-0.4, -0.2) is 35.6 Å². The van der Waals surface area contributed by atoms with Crippen LogP contribution in [-0.2, 0) is 4.79 Å². The quantitative estimate of drug-likeness (QED) is 0.863. The monoisotopic (exact) mass is 281 g/mol. The summed E-state index contributed by atoms with van der Waals surface area (Å²) in [5.41, 5.74) is -0.212. The zero-order chi connectivity index (χ0) is 14.5. The van der Waals surface area contributed by atoms with Gasteiger partial charge in [-0.05, 0) is 37.0 Å². The van der Waals surface area contributed by atoms with Gasteiger partial charge in [-0.3, -0.25) is 4.79 Å². The van der Waals surface area contributed by atoms with Crippen LogP contribution >= 0.6 is 0 Å². The van der Waals surface area contributed by atoms with E-state index in [0.29, 0.717) is 13.1 Å². The molecule has 0 spiro atoms. The molecule has 0 aliphatic carbocycles. The molecular weight excluding hydrogens is 264 g/mol. The number of carbonyl (C=O) groups is 1. The first kappa shape index (κ1) is 14.7. The van der Waals surface area contributed by atoms with Crippen LogP contribution in [0.25, 0.3) is 6.08 Å². The topological polar surface area (TPSA) is 40.5 Å². The SMILES string of the molecule is O=C(/C=C/c1c(F)cccc1F)N1CCCC(CO)C1. The molecule has 1 heterocycles. The number of benzene rings is 1. The van der Waals surface area contributed by atoms with Crippen LogP contribution in [0.3, 0.4) is 0 Å². The number of hydrogen-bond donors (Lipinski definition) is 1. The average Bonchev–Trinajstić information content (AvgIpc) is 2.46. The fourth-order valence-corrected chi connectivity index (χ4v) is 2.34. The van der Waals surface area contributed by atoms with Crippen molar-refractivity contribution in [2.45, 2.75) is 12.8 Å². The van der Waals surface area contributed by atoms with E-state index in [9.17, 15) is 13.6 Å². The van der Waals surface area contributed by atoms with Crippen molar-refractivity contribution in [2.75, 3.05) is 19.7 Å². The van der Waals surface area contributed by atoms with Gasteiger partial charge in [0.15, 0.2) is 0 Å². The molecule has 0 radical (unpaired) electrons. The summed E-state index contributed by atoms with van der Waals surface area (Å²) in [5, 5.41) is 9.12. The first-order valence-electron chi connectivity index (χ1n) is 6.63. The minimum Gasteiger partial charge on any atom is -0.396 e. The number of carbonyl (C=O) groups excluding carboxylic acids is 1. The van der Waals surface area contributed by atoms with Crippen molar-refractivity contribution in [3.05, 3.63) is 41.5 Å². The standard InChI is InChI=1S/C15H17F2NO2/c16-13-4-1-5-14(17)12(13)6-7-15(20)18-8-2-3-11(9-18)10-19/h1,4-7,11,19H,2-3,8-10H2/b7-6+. The molecule has 1 amide bonds. The molecule has 1 unspecified atom stereocenters. The smallest absolute Gasteiger partial charge is 0.246 e. The molecule has 0 saturated carbocycles. The second kappa shape index (κ2) is 6.61. The number of amides is 1. The van der Waals surface area contributed by atoms with Crippen molar-refractivity contribution in [3.63, 3.8) is 0 Å². The van der Waals surface area contributed by atoms with Gasteiger partial charge in [0.1, 0.15) is 11.6 Å². The van der Waals surface area contributed by atoms with Gasteiger partial charge in [0.05, 0.1) is 0 Å². The molecule has 108 valence electrons. The first-order chi connectivity index (χ1) is 9.61. The molecule has 1 N–H and O–H groups in total.